The summed E-state index contributed by atoms with van der Waals surface area (Å²) in [5.74, 6) is -3.33. The summed E-state index contributed by atoms with van der Waals surface area (Å²) in [6, 6.07) is 33.7. The van der Waals surface area contributed by atoms with Crippen LogP contribution in [0.3, 0.4) is 0 Å². The predicted octanol–water partition coefficient (Wildman–Crippen LogP) is 17.0. The van der Waals surface area contributed by atoms with Gasteiger partial charge in [-0.2, -0.15) is 0 Å². The second-order valence-corrected chi connectivity index (χ2v) is 44.0. The van der Waals surface area contributed by atoms with Crippen molar-refractivity contribution in [2.45, 2.75) is 135 Å². The van der Waals surface area contributed by atoms with Crippen LogP contribution in [0.15, 0.2) is 121 Å². The largest absolute Gasteiger partial charge is 0.501 e. The average molecular weight is 1760 g/mol. The number of hydrogen-bond donors (Lipinski definition) is 0. The van der Waals surface area contributed by atoms with Crippen LogP contribution in [0.2, 0.25) is 24.2 Å². The summed E-state index contributed by atoms with van der Waals surface area (Å²) in [5, 5.41) is 1.68. The van der Waals surface area contributed by atoms with Crippen molar-refractivity contribution in [1.29, 1.82) is 0 Å². The van der Waals surface area contributed by atoms with Crippen LogP contribution < -0.4 is 18.9 Å². The Bertz CT molecular complexity index is 4970. The molecule has 123 heavy (non-hydrogen) atoms. The van der Waals surface area contributed by atoms with Crippen molar-refractivity contribution in [3.05, 3.63) is 166 Å². The van der Waals surface area contributed by atoms with Crippen LogP contribution in [-0.4, -0.2) is 241 Å². The summed E-state index contributed by atoms with van der Waals surface area (Å²) in [6.45, 7) is 18.1. The highest BCUT2D eigenvalue weighted by Crippen LogP contribution is 2.59. The highest BCUT2D eigenvalue weighted by molar-refractivity contribution is 6.62. The number of carbonyl (C=O) groups is 6. The number of fused-ring (bicyclic) bond motifs is 2. The first kappa shape index (κ1) is 94.7. The zero-order valence-corrected chi connectivity index (χ0v) is 78.8. The van der Waals surface area contributed by atoms with Gasteiger partial charge in [0.25, 0.3) is 23.6 Å². The fourth-order valence-corrected chi connectivity index (χ4v) is 23.0. The third kappa shape index (κ3) is 19.4. The first-order valence-electron chi connectivity index (χ1n) is 41.5. The van der Waals surface area contributed by atoms with E-state index in [1.165, 1.54) is 102 Å². The van der Waals surface area contributed by atoms with Gasteiger partial charge in [-0.15, -0.1) is 0 Å². The van der Waals surface area contributed by atoms with Crippen molar-refractivity contribution >= 4 is 114 Å². The van der Waals surface area contributed by atoms with Gasteiger partial charge >= 0.3 is 35.2 Å². The van der Waals surface area contributed by atoms with Gasteiger partial charge in [0.1, 0.15) is 58.1 Å². The lowest BCUT2D eigenvalue weighted by atomic mass is 9.80. The minimum absolute atomic E-state index is 0.00761. The van der Waals surface area contributed by atoms with E-state index >= 15 is 28.8 Å². The standard InChI is InChI=1S/C91H118N4O24Si4/c1-23-115-43-37-73(91(101)93(40-46-122(109-17,110-18)111-19)41-47-123(112-20,113-21)114-22)95-88(98)70-54-76(118-66-34-26-30-62(50-66)58(6)7)82-80-74(116-64-32-24-28-60(48-64)56(2)3)52-68-78-69(87(97)94(86(68)96)72(36-42-102-10)90(100)92(38-44-120(103-11,104-12)105-13)39-45-121(106-14,107-15)108-16)53-75(117-65-33-25-29-61(49-65)57(4)5)81(84(78)80)83-77(55-71(89(95)99)79(70)85(82)83)119-67-35-27-31-63(51-67)59(8)9/h24-35,48-59,72-73H,23,36-47H2,1-22H3. The Kier molecular flexibility index (Phi) is 31.5. The van der Waals surface area contributed by atoms with Crippen molar-refractivity contribution in [3.8, 4) is 46.0 Å². The molecular formula is C91H118N4O24Si4. The van der Waals surface area contributed by atoms with E-state index in [4.69, 9.17) is 81.5 Å². The molecule has 9 aromatic carbocycles. The molecule has 2 aliphatic rings. The van der Waals surface area contributed by atoms with Gasteiger partial charge in [0, 0.05) is 219 Å². The van der Waals surface area contributed by atoms with Gasteiger partial charge in [0.2, 0.25) is 11.8 Å². The molecule has 0 radical (unpaired) electrons. The molecule has 0 saturated carbocycles. The lowest BCUT2D eigenvalue weighted by Crippen LogP contribution is -2.57. The van der Waals surface area contributed by atoms with Crippen LogP contribution in [-0.2, 0) is 72.2 Å². The van der Waals surface area contributed by atoms with Gasteiger partial charge < -0.3 is 91.3 Å². The number of benzene rings is 9. The molecule has 6 amide bonds. The summed E-state index contributed by atoms with van der Waals surface area (Å²) in [7, 11) is 5.20. The molecule has 2 heterocycles. The van der Waals surface area contributed by atoms with Gasteiger partial charge in [-0.1, -0.05) is 104 Å². The molecule has 32 heteroatoms. The Morgan fingerprint density at radius 2 is 0.561 bits per heavy atom. The van der Waals surface area contributed by atoms with Crippen molar-refractivity contribution in [3.63, 3.8) is 0 Å². The zero-order valence-electron chi connectivity index (χ0n) is 74.8. The van der Waals surface area contributed by atoms with E-state index in [9.17, 15) is 0 Å². The van der Waals surface area contributed by atoms with Crippen LogP contribution in [0.1, 0.15) is 163 Å². The second-order valence-electron chi connectivity index (χ2n) is 31.6. The summed E-state index contributed by atoms with van der Waals surface area (Å²) in [4.78, 5) is 106. The molecule has 0 N–H and O–H groups in total. The van der Waals surface area contributed by atoms with Crippen molar-refractivity contribution in [2.75, 3.05) is 138 Å². The van der Waals surface area contributed by atoms with E-state index in [1.54, 1.807) is 55.5 Å². The van der Waals surface area contributed by atoms with E-state index in [0.29, 0.717) is 23.0 Å². The molecule has 2 unspecified atom stereocenters. The third-order valence-electron chi connectivity index (χ3n) is 23.6. The molecule has 28 nitrogen and oxygen atoms in total. The highest BCUT2D eigenvalue weighted by Gasteiger charge is 2.51. The Hall–Kier alpha value is -8.99. The molecule has 0 aliphatic carbocycles. The number of amides is 6. The van der Waals surface area contributed by atoms with Crippen LogP contribution in [0.5, 0.6) is 46.0 Å². The normalized spacial score (nSPS) is 14.0. The van der Waals surface area contributed by atoms with Crippen molar-refractivity contribution in [2.24, 2.45) is 0 Å². The minimum atomic E-state index is -3.47. The smallest absolute Gasteiger partial charge is 0.457 e. The number of rotatable bonds is 47. The quantitative estimate of drug-likeness (QED) is 0.0113. The maximum atomic E-state index is 17.1. The monoisotopic (exact) mass is 1760 g/mol. The molecule has 9 aromatic rings. The average Bonchev–Trinajstić information content (AvgIpc) is 0.669. The highest BCUT2D eigenvalue weighted by atomic mass is 28.4. The number of hydrogen-bond acceptors (Lipinski definition) is 24. The summed E-state index contributed by atoms with van der Waals surface area (Å²) in [5.41, 5.74) is 3.37. The molecule has 0 saturated heterocycles. The molecule has 0 aromatic heterocycles. The Morgan fingerprint density at radius 3 is 0.772 bits per heavy atom. The van der Waals surface area contributed by atoms with Gasteiger partial charge in [0.05, 0.1) is 22.3 Å². The number of nitrogens with zero attached hydrogens (tertiary/aromatic N) is 4. The molecule has 0 bridgehead atoms. The SMILES string of the molecule is CCOCCC(C(=O)N(CC[Si](OC)(OC)OC)CC[Si](OC)(OC)OC)N1C(=O)c2cc(Oc3cccc(C(C)C)c3)c3c4c(Oc5cccc(C(C)C)c5)cc5c6c(cc(Oc7cccc(C(C)C)c7)c(c7c(Oc8cccc(C(C)C)c8)cc(c2c37)C1=O)c64)C(=O)N(C(CCOC)C(=O)N(CC[Si](OC)(OC)OC)CC[Si](OC)(OC)OC)C5=O. The summed E-state index contributed by atoms with van der Waals surface area (Å²) < 4.78 is 113. The molecule has 11 rings (SSSR count). The molecule has 2 atom stereocenters. The predicted molar refractivity (Wildman–Crippen MR) is 476 cm³/mol. The maximum absolute atomic E-state index is 17.1. The van der Waals surface area contributed by atoms with Crippen LogP contribution in [0.25, 0.3) is 43.1 Å². The first-order valence-corrected chi connectivity index (χ1v) is 49.2. The Labute approximate surface area is 725 Å². The molecule has 2 aliphatic heterocycles. The van der Waals surface area contributed by atoms with Crippen molar-refractivity contribution in [1.82, 2.24) is 19.6 Å². The second kappa shape index (κ2) is 41.0. The number of methoxy groups -OCH3 is 1. The maximum Gasteiger partial charge on any atom is 0.501 e. The van der Waals surface area contributed by atoms with Crippen LogP contribution in [0, 0.1) is 0 Å². The number of ether oxygens (including phenoxy) is 6. The summed E-state index contributed by atoms with van der Waals surface area (Å²) in [6.07, 6.45) is -0.374. The Balaban J connectivity index is 1.32. The fraction of sp³-hybridized carbons (Fsp3) is 0.451. The van der Waals surface area contributed by atoms with Gasteiger partial charge in [-0.25, -0.2) is 0 Å². The van der Waals surface area contributed by atoms with E-state index in [0.717, 1.165) is 32.1 Å². The lowest BCUT2D eigenvalue weighted by molar-refractivity contribution is -0.136. The lowest BCUT2D eigenvalue weighted by Gasteiger charge is -2.38. The van der Waals surface area contributed by atoms with E-state index < -0.39 is 82.7 Å². The van der Waals surface area contributed by atoms with Gasteiger partial charge in [-0.3, -0.25) is 38.6 Å². The third-order valence-corrected chi connectivity index (χ3v) is 34.4. The molecular weight excluding hydrogens is 1650 g/mol. The molecule has 0 spiro atoms. The fourth-order valence-electron chi connectivity index (χ4n) is 16.4. The van der Waals surface area contributed by atoms with Crippen molar-refractivity contribution < 1.29 is 110 Å². The summed E-state index contributed by atoms with van der Waals surface area (Å²) >= 11 is 0. The van der Waals surface area contributed by atoms with E-state index in [1.807, 2.05) is 72.8 Å². The van der Waals surface area contributed by atoms with Gasteiger partial charge in [0.15, 0.2) is 0 Å². The number of carbonyl (C=O) groups excluding carboxylic acids is 6. The zero-order chi connectivity index (χ0) is 89.2. The van der Waals surface area contributed by atoms with Gasteiger partial charge in [-0.05, 0) is 126 Å². The first-order chi connectivity index (χ1) is 59.0. The topological polar surface area (TPSA) is 282 Å². The minimum Gasteiger partial charge on any atom is -0.457 e. The van der Waals surface area contributed by atoms with E-state index in [2.05, 4.69) is 55.4 Å². The van der Waals surface area contributed by atoms with Crippen LogP contribution >= 0.6 is 0 Å². The number of imide groups is 2. The van der Waals surface area contributed by atoms with E-state index in [-0.39, 0.29) is 195 Å². The molecule has 662 valence electrons. The molecule has 0 fully saturated rings. The Morgan fingerprint density at radius 1 is 0.325 bits per heavy atom. The van der Waals surface area contributed by atoms with Crippen LogP contribution in [0.4, 0.5) is 0 Å².